The standard InChI is InChI=1S/C15H20O4/c1-4-18-11-6-7-13(17-3)12(10-11)15(8-9-15)14(16)19-5-2/h6-7,10H,4-5,8-9H2,1-3H3. The Kier molecular flexibility index (Phi) is 3.98. The normalized spacial score (nSPS) is 15.7. The summed E-state index contributed by atoms with van der Waals surface area (Å²) in [6.45, 7) is 4.75. The zero-order valence-corrected chi connectivity index (χ0v) is 11.7. The molecule has 1 aromatic rings. The van der Waals surface area contributed by atoms with Gasteiger partial charge in [-0.1, -0.05) is 0 Å². The molecule has 0 spiro atoms. The van der Waals surface area contributed by atoms with Gasteiger partial charge in [-0.05, 0) is 44.9 Å². The van der Waals surface area contributed by atoms with Crippen LogP contribution in [0.4, 0.5) is 0 Å². The monoisotopic (exact) mass is 264 g/mol. The van der Waals surface area contributed by atoms with Crippen LogP contribution in [-0.2, 0) is 14.9 Å². The lowest BCUT2D eigenvalue weighted by molar-refractivity contribution is -0.146. The minimum absolute atomic E-state index is 0.165. The Hall–Kier alpha value is -1.71. The molecule has 1 aliphatic carbocycles. The number of carbonyl (C=O) groups is 1. The first-order valence-electron chi connectivity index (χ1n) is 6.66. The SMILES string of the molecule is CCOC(=O)C1(c2cc(OCC)ccc2OC)CC1. The molecule has 0 N–H and O–H groups in total. The van der Waals surface area contributed by atoms with Crippen LogP contribution in [0, 0.1) is 0 Å². The molecule has 0 aliphatic heterocycles. The summed E-state index contributed by atoms with van der Waals surface area (Å²) in [5.74, 6) is 1.31. The van der Waals surface area contributed by atoms with E-state index in [-0.39, 0.29) is 5.97 Å². The topological polar surface area (TPSA) is 44.8 Å². The van der Waals surface area contributed by atoms with Crippen LogP contribution < -0.4 is 9.47 Å². The molecule has 0 aromatic heterocycles. The molecular weight excluding hydrogens is 244 g/mol. The van der Waals surface area contributed by atoms with E-state index < -0.39 is 5.41 Å². The zero-order chi connectivity index (χ0) is 13.9. The van der Waals surface area contributed by atoms with Crippen LogP contribution in [0.1, 0.15) is 32.3 Å². The Morgan fingerprint density at radius 1 is 1.26 bits per heavy atom. The Morgan fingerprint density at radius 2 is 2.00 bits per heavy atom. The maximum atomic E-state index is 12.1. The molecule has 4 nitrogen and oxygen atoms in total. The summed E-state index contributed by atoms with van der Waals surface area (Å²) in [6, 6.07) is 5.60. The number of hydrogen-bond acceptors (Lipinski definition) is 4. The van der Waals surface area contributed by atoms with Gasteiger partial charge in [0.05, 0.1) is 25.7 Å². The number of carbonyl (C=O) groups excluding carboxylic acids is 1. The number of rotatable bonds is 6. The highest BCUT2D eigenvalue weighted by Gasteiger charge is 2.54. The molecule has 0 saturated heterocycles. The van der Waals surface area contributed by atoms with E-state index in [0.29, 0.717) is 19.0 Å². The van der Waals surface area contributed by atoms with Crippen molar-refractivity contribution in [2.45, 2.75) is 32.1 Å². The number of esters is 1. The average molecular weight is 264 g/mol. The van der Waals surface area contributed by atoms with Gasteiger partial charge in [-0.15, -0.1) is 0 Å². The summed E-state index contributed by atoms with van der Waals surface area (Å²) in [7, 11) is 1.61. The number of hydrogen-bond donors (Lipinski definition) is 0. The molecule has 2 rings (SSSR count). The van der Waals surface area contributed by atoms with E-state index >= 15 is 0 Å². The predicted molar refractivity (Wildman–Crippen MR) is 71.7 cm³/mol. The largest absolute Gasteiger partial charge is 0.496 e. The molecule has 0 bridgehead atoms. The Balaban J connectivity index is 2.36. The molecule has 1 fully saturated rings. The third kappa shape index (κ3) is 2.53. The summed E-state index contributed by atoms with van der Waals surface area (Å²) in [4.78, 5) is 12.1. The second kappa shape index (κ2) is 5.51. The first-order chi connectivity index (χ1) is 9.17. The highest BCUT2D eigenvalue weighted by Crippen LogP contribution is 2.53. The van der Waals surface area contributed by atoms with E-state index in [1.807, 2.05) is 32.0 Å². The number of methoxy groups -OCH3 is 1. The molecule has 0 heterocycles. The van der Waals surface area contributed by atoms with Gasteiger partial charge in [0.1, 0.15) is 11.5 Å². The predicted octanol–water partition coefficient (Wildman–Crippen LogP) is 2.69. The van der Waals surface area contributed by atoms with Crippen molar-refractivity contribution < 1.29 is 19.0 Å². The minimum atomic E-state index is -0.533. The quantitative estimate of drug-likeness (QED) is 0.741. The Labute approximate surface area is 113 Å². The maximum absolute atomic E-state index is 12.1. The number of benzene rings is 1. The molecule has 19 heavy (non-hydrogen) atoms. The zero-order valence-electron chi connectivity index (χ0n) is 11.7. The lowest BCUT2D eigenvalue weighted by Gasteiger charge is -2.18. The molecule has 0 unspecified atom stereocenters. The van der Waals surface area contributed by atoms with Gasteiger partial charge in [-0.25, -0.2) is 0 Å². The smallest absolute Gasteiger partial charge is 0.316 e. The van der Waals surface area contributed by atoms with Gasteiger partial charge in [0.2, 0.25) is 0 Å². The third-order valence-electron chi connectivity index (χ3n) is 3.41. The second-order valence-electron chi connectivity index (χ2n) is 4.60. The van der Waals surface area contributed by atoms with Gasteiger partial charge in [-0.2, -0.15) is 0 Å². The fourth-order valence-corrected chi connectivity index (χ4v) is 2.30. The highest BCUT2D eigenvalue weighted by atomic mass is 16.5. The third-order valence-corrected chi connectivity index (χ3v) is 3.41. The fraction of sp³-hybridized carbons (Fsp3) is 0.533. The van der Waals surface area contributed by atoms with Crippen molar-refractivity contribution in [1.82, 2.24) is 0 Å². The van der Waals surface area contributed by atoms with Crippen molar-refractivity contribution in [1.29, 1.82) is 0 Å². The summed E-state index contributed by atoms with van der Waals surface area (Å²) in [5.41, 5.74) is 0.341. The Morgan fingerprint density at radius 3 is 2.53 bits per heavy atom. The molecule has 0 radical (unpaired) electrons. The lowest BCUT2D eigenvalue weighted by Crippen LogP contribution is -2.24. The van der Waals surface area contributed by atoms with Gasteiger partial charge in [0.25, 0.3) is 0 Å². The second-order valence-corrected chi connectivity index (χ2v) is 4.60. The van der Waals surface area contributed by atoms with Crippen LogP contribution in [0.25, 0.3) is 0 Å². The molecule has 1 aromatic carbocycles. The van der Waals surface area contributed by atoms with E-state index in [1.54, 1.807) is 7.11 Å². The van der Waals surface area contributed by atoms with E-state index in [0.717, 1.165) is 24.2 Å². The van der Waals surface area contributed by atoms with Crippen LogP contribution in [-0.4, -0.2) is 26.3 Å². The van der Waals surface area contributed by atoms with Crippen molar-refractivity contribution >= 4 is 5.97 Å². The first-order valence-corrected chi connectivity index (χ1v) is 6.66. The first kappa shape index (κ1) is 13.7. The van der Waals surface area contributed by atoms with Crippen LogP contribution in [0.15, 0.2) is 18.2 Å². The summed E-state index contributed by atoms with van der Waals surface area (Å²) < 4.78 is 16.1. The van der Waals surface area contributed by atoms with Gasteiger partial charge in [0, 0.05) is 5.56 Å². The van der Waals surface area contributed by atoms with Crippen molar-refractivity contribution in [2.75, 3.05) is 20.3 Å². The maximum Gasteiger partial charge on any atom is 0.316 e. The number of ether oxygens (including phenoxy) is 3. The van der Waals surface area contributed by atoms with Gasteiger partial charge >= 0.3 is 5.97 Å². The minimum Gasteiger partial charge on any atom is -0.496 e. The van der Waals surface area contributed by atoms with E-state index in [2.05, 4.69) is 0 Å². The molecule has 104 valence electrons. The fourth-order valence-electron chi connectivity index (χ4n) is 2.30. The van der Waals surface area contributed by atoms with Gasteiger partial charge < -0.3 is 14.2 Å². The van der Waals surface area contributed by atoms with Crippen molar-refractivity contribution in [3.63, 3.8) is 0 Å². The van der Waals surface area contributed by atoms with Crippen molar-refractivity contribution in [3.05, 3.63) is 23.8 Å². The average Bonchev–Trinajstić information content (AvgIpc) is 3.21. The Bertz CT molecular complexity index is 463. The van der Waals surface area contributed by atoms with E-state index in [1.165, 1.54) is 0 Å². The van der Waals surface area contributed by atoms with Gasteiger partial charge in [-0.3, -0.25) is 4.79 Å². The van der Waals surface area contributed by atoms with Crippen LogP contribution in [0.3, 0.4) is 0 Å². The summed E-state index contributed by atoms with van der Waals surface area (Å²) >= 11 is 0. The van der Waals surface area contributed by atoms with E-state index in [4.69, 9.17) is 14.2 Å². The van der Waals surface area contributed by atoms with Crippen LogP contribution in [0.2, 0.25) is 0 Å². The molecule has 4 heteroatoms. The van der Waals surface area contributed by atoms with Gasteiger partial charge in [0.15, 0.2) is 0 Å². The van der Waals surface area contributed by atoms with Crippen molar-refractivity contribution in [2.24, 2.45) is 0 Å². The van der Waals surface area contributed by atoms with E-state index in [9.17, 15) is 4.79 Å². The molecular formula is C15H20O4. The lowest BCUT2D eigenvalue weighted by atomic mass is 9.94. The molecule has 0 atom stereocenters. The molecule has 0 amide bonds. The van der Waals surface area contributed by atoms with Crippen LogP contribution in [0.5, 0.6) is 11.5 Å². The highest BCUT2D eigenvalue weighted by molar-refractivity contribution is 5.87. The molecule has 1 aliphatic rings. The van der Waals surface area contributed by atoms with Crippen LogP contribution >= 0.6 is 0 Å². The summed E-state index contributed by atoms with van der Waals surface area (Å²) in [5, 5.41) is 0. The summed E-state index contributed by atoms with van der Waals surface area (Å²) in [6.07, 6.45) is 1.61. The molecule has 1 saturated carbocycles. The van der Waals surface area contributed by atoms with Crippen molar-refractivity contribution in [3.8, 4) is 11.5 Å².